The molecule has 2 aromatic rings. The number of methoxy groups -OCH3 is 3. The molecule has 2 N–H and O–H groups in total. The number of aryl methyl sites for hydroxylation is 1. The smallest absolute Gasteiger partial charge is 0.326 e. The first-order valence-corrected chi connectivity index (χ1v) is 9.44. The molecule has 2 rings (SSSR count). The van der Waals surface area contributed by atoms with Crippen molar-refractivity contribution < 1.29 is 33.3 Å². The lowest BCUT2D eigenvalue weighted by Gasteiger charge is -2.15. The number of benzene rings is 2. The van der Waals surface area contributed by atoms with Crippen LogP contribution in [0, 0.1) is 6.92 Å². The Labute approximate surface area is 180 Å². The minimum absolute atomic E-state index is 0.202. The van der Waals surface area contributed by atoms with E-state index < -0.39 is 30.4 Å². The zero-order valence-corrected chi connectivity index (χ0v) is 18.1. The van der Waals surface area contributed by atoms with Crippen LogP contribution in [0.2, 0.25) is 0 Å². The van der Waals surface area contributed by atoms with Gasteiger partial charge in [0.05, 0.1) is 21.3 Å². The Morgan fingerprint density at radius 1 is 0.968 bits per heavy atom. The summed E-state index contributed by atoms with van der Waals surface area (Å²) in [7, 11) is 4.31. The zero-order chi connectivity index (χ0) is 23.0. The molecule has 0 aliphatic heterocycles. The highest BCUT2D eigenvalue weighted by Gasteiger charge is 2.20. The summed E-state index contributed by atoms with van der Waals surface area (Å²) in [5.41, 5.74) is 1.71. The third-order valence-corrected chi connectivity index (χ3v) is 4.40. The van der Waals surface area contributed by atoms with Gasteiger partial charge < -0.3 is 29.6 Å². The number of rotatable bonds is 9. The Morgan fingerprint density at radius 3 is 2.13 bits per heavy atom. The fraction of sp³-hybridized carbons (Fsp3) is 0.318. The first-order valence-electron chi connectivity index (χ1n) is 9.44. The fourth-order valence-corrected chi connectivity index (χ4v) is 2.71. The maximum absolute atomic E-state index is 12.4. The van der Waals surface area contributed by atoms with Crippen molar-refractivity contribution in [2.24, 2.45) is 0 Å². The minimum Gasteiger partial charge on any atom is -0.493 e. The normalized spacial score (nSPS) is 11.1. The maximum Gasteiger partial charge on any atom is 0.326 e. The van der Waals surface area contributed by atoms with E-state index >= 15 is 0 Å². The molecular weight excluding hydrogens is 404 g/mol. The first kappa shape index (κ1) is 23.5. The molecule has 0 fully saturated rings. The Morgan fingerprint density at radius 2 is 1.58 bits per heavy atom. The molecule has 0 aliphatic rings. The number of ether oxygens (including phenoxy) is 4. The van der Waals surface area contributed by atoms with Crippen LogP contribution in [0.25, 0.3) is 0 Å². The predicted octanol–water partition coefficient (Wildman–Crippen LogP) is 2.32. The second-order valence-corrected chi connectivity index (χ2v) is 6.53. The largest absolute Gasteiger partial charge is 0.493 e. The van der Waals surface area contributed by atoms with Gasteiger partial charge in [0.1, 0.15) is 6.54 Å². The highest BCUT2D eigenvalue weighted by atomic mass is 16.5. The quantitative estimate of drug-likeness (QED) is 0.587. The molecule has 0 saturated carbocycles. The summed E-state index contributed by atoms with van der Waals surface area (Å²) in [4.78, 5) is 36.8. The number of carbonyl (C=O) groups is 3. The van der Waals surface area contributed by atoms with E-state index in [1.807, 2.05) is 19.1 Å². The third kappa shape index (κ3) is 6.11. The van der Waals surface area contributed by atoms with Crippen LogP contribution in [0.3, 0.4) is 0 Å². The topological polar surface area (TPSA) is 112 Å². The van der Waals surface area contributed by atoms with Crippen LogP contribution in [0.1, 0.15) is 22.8 Å². The van der Waals surface area contributed by atoms with E-state index in [0.717, 1.165) is 5.56 Å². The Balaban J connectivity index is 1.94. The Kier molecular flexibility index (Phi) is 8.25. The second kappa shape index (κ2) is 10.9. The summed E-state index contributed by atoms with van der Waals surface area (Å²) >= 11 is 0. The number of esters is 1. The number of carbonyl (C=O) groups excluding carboxylic acids is 3. The third-order valence-electron chi connectivity index (χ3n) is 4.40. The highest BCUT2D eigenvalue weighted by Crippen LogP contribution is 2.38. The molecule has 0 heterocycles. The van der Waals surface area contributed by atoms with Gasteiger partial charge in [-0.2, -0.15) is 0 Å². The molecule has 0 aromatic heterocycles. The van der Waals surface area contributed by atoms with Gasteiger partial charge >= 0.3 is 5.97 Å². The highest BCUT2D eigenvalue weighted by molar-refractivity contribution is 5.98. The lowest BCUT2D eigenvalue weighted by Crippen LogP contribution is -2.36. The average Bonchev–Trinajstić information content (AvgIpc) is 2.77. The van der Waals surface area contributed by atoms with Crippen molar-refractivity contribution in [1.82, 2.24) is 5.32 Å². The number of nitrogens with one attached hydrogen (secondary N) is 2. The van der Waals surface area contributed by atoms with Crippen molar-refractivity contribution in [3.05, 3.63) is 47.5 Å². The molecule has 0 bridgehead atoms. The monoisotopic (exact) mass is 430 g/mol. The fourth-order valence-electron chi connectivity index (χ4n) is 2.71. The molecule has 0 radical (unpaired) electrons. The van der Waals surface area contributed by atoms with Gasteiger partial charge in [-0.05, 0) is 37.6 Å². The van der Waals surface area contributed by atoms with Crippen LogP contribution in [-0.4, -0.2) is 51.8 Å². The number of amides is 2. The van der Waals surface area contributed by atoms with Crippen molar-refractivity contribution in [3.8, 4) is 17.2 Å². The van der Waals surface area contributed by atoms with Gasteiger partial charge in [0, 0.05) is 11.3 Å². The molecule has 9 heteroatoms. The summed E-state index contributed by atoms with van der Waals surface area (Å²) in [6, 6.07) is 10.2. The van der Waals surface area contributed by atoms with Crippen molar-refractivity contribution in [3.63, 3.8) is 0 Å². The summed E-state index contributed by atoms with van der Waals surface area (Å²) in [5.74, 6) is -0.832. The summed E-state index contributed by atoms with van der Waals surface area (Å²) in [5, 5.41) is 5.14. The van der Waals surface area contributed by atoms with Gasteiger partial charge in [0.2, 0.25) is 5.75 Å². The van der Waals surface area contributed by atoms with E-state index in [9.17, 15) is 14.4 Å². The number of hydrogen-bond acceptors (Lipinski definition) is 7. The van der Waals surface area contributed by atoms with Crippen LogP contribution in [0.4, 0.5) is 5.69 Å². The minimum atomic E-state index is -1.04. The van der Waals surface area contributed by atoms with E-state index in [2.05, 4.69) is 10.6 Å². The SMILES string of the molecule is COc1cc(C(=O)NCC(=O)OC(C)C(=O)Nc2ccccc2C)cc(OC)c1OC. The molecular formula is C22H26N2O7. The average molecular weight is 430 g/mol. The van der Waals surface area contributed by atoms with Crippen molar-refractivity contribution >= 4 is 23.5 Å². The van der Waals surface area contributed by atoms with E-state index in [4.69, 9.17) is 18.9 Å². The maximum atomic E-state index is 12.4. The molecule has 0 aliphatic carbocycles. The molecule has 9 nitrogen and oxygen atoms in total. The van der Waals surface area contributed by atoms with Gasteiger partial charge in [-0.3, -0.25) is 14.4 Å². The van der Waals surface area contributed by atoms with Crippen LogP contribution < -0.4 is 24.8 Å². The second-order valence-electron chi connectivity index (χ2n) is 6.53. The zero-order valence-electron chi connectivity index (χ0n) is 18.1. The van der Waals surface area contributed by atoms with Crippen molar-refractivity contribution in [2.75, 3.05) is 33.2 Å². The van der Waals surface area contributed by atoms with E-state index in [1.54, 1.807) is 12.1 Å². The first-order chi connectivity index (χ1) is 14.8. The van der Waals surface area contributed by atoms with Crippen LogP contribution >= 0.6 is 0 Å². The predicted molar refractivity (Wildman–Crippen MR) is 114 cm³/mol. The number of hydrogen-bond donors (Lipinski definition) is 2. The molecule has 166 valence electrons. The van der Waals surface area contributed by atoms with Crippen LogP contribution in [0.15, 0.2) is 36.4 Å². The standard InChI is InChI=1S/C22H26N2O7/c1-13-8-6-7-9-16(13)24-21(26)14(2)31-19(25)12-23-22(27)15-10-17(28-3)20(30-5)18(11-15)29-4/h6-11,14H,12H2,1-5H3,(H,23,27)(H,24,26). The Hall–Kier alpha value is -3.75. The molecule has 1 atom stereocenters. The van der Waals surface area contributed by atoms with Gasteiger partial charge in [-0.15, -0.1) is 0 Å². The molecule has 31 heavy (non-hydrogen) atoms. The van der Waals surface area contributed by atoms with E-state index in [0.29, 0.717) is 22.9 Å². The molecule has 0 saturated heterocycles. The van der Waals surface area contributed by atoms with Crippen molar-refractivity contribution in [2.45, 2.75) is 20.0 Å². The van der Waals surface area contributed by atoms with Crippen LogP contribution in [-0.2, 0) is 14.3 Å². The molecule has 2 amide bonds. The van der Waals surface area contributed by atoms with E-state index in [1.165, 1.54) is 40.4 Å². The van der Waals surface area contributed by atoms with Gasteiger partial charge in [0.15, 0.2) is 17.6 Å². The number of anilines is 1. The van der Waals surface area contributed by atoms with Gasteiger partial charge in [-0.1, -0.05) is 18.2 Å². The molecule has 2 aromatic carbocycles. The van der Waals surface area contributed by atoms with Crippen LogP contribution in [0.5, 0.6) is 17.2 Å². The van der Waals surface area contributed by atoms with Crippen molar-refractivity contribution in [1.29, 1.82) is 0 Å². The molecule has 0 spiro atoms. The lowest BCUT2D eigenvalue weighted by molar-refractivity contribution is -0.152. The molecule has 1 unspecified atom stereocenters. The summed E-state index contributed by atoms with van der Waals surface area (Å²) in [6.45, 7) is 2.88. The summed E-state index contributed by atoms with van der Waals surface area (Å²) in [6.07, 6.45) is -1.04. The number of para-hydroxylation sites is 1. The Bertz CT molecular complexity index is 934. The lowest BCUT2D eigenvalue weighted by atomic mass is 10.1. The summed E-state index contributed by atoms with van der Waals surface area (Å²) < 4.78 is 20.7. The van der Waals surface area contributed by atoms with Gasteiger partial charge in [0.25, 0.3) is 11.8 Å². The van der Waals surface area contributed by atoms with Gasteiger partial charge in [-0.25, -0.2) is 0 Å². The van der Waals surface area contributed by atoms with E-state index in [-0.39, 0.29) is 5.56 Å².